The van der Waals surface area contributed by atoms with Gasteiger partial charge in [0.15, 0.2) is 0 Å². The van der Waals surface area contributed by atoms with Crippen molar-refractivity contribution in [2.75, 3.05) is 47.0 Å². The molecular weight excluding hydrogens is 416 g/mol. The summed E-state index contributed by atoms with van der Waals surface area (Å²) in [6, 6.07) is 11.4. The molecule has 1 aliphatic rings. The van der Waals surface area contributed by atoms with Gasteiger partial charge < -0.3 is 28.7 Å². The molecule has 0 atom stereocenters. The summed E-state index contributed by atoms with van der Waals surface area (Å²) in [6.07, 6.45) is -0.793. The van der Waals surface area contributed by atoms with Gasteiger partial charge in [0.05, 0.1) is 20.8 Å². The van der Waals surface area contributed by atoms with Gasteiger partial charge in [0.25, 0.3) is 11.8 Å². The molecular formula is C23H26N2O7. The van der Waals surface area contributed by atoms with Crippen LogP contribution in [0.2, 0.25) is 0 Å². The van der Waals surface area contributed by atoms with Gasteiger partial charge in [-0.25, -0.2) is 4.79 Å². The first-order chi connectivity index (χ1) is 15.5. The predicted molar refractivity (Wildman–Crippen MR) is 115 cm³/mol. The second kappa shape index (κ2) is 10.5. The van der Waals surface area contributed by atoms with E-state index in [4.69, 9.17) is 18.9 Å². The van der Waals surface area contributed by atoms with Crippen molar-refractivity contribution in [3.8, 4) is 17.2 Å². The Kier molecular flexibility index (Phi) is 7.54. The van der Waals surface area contributed by atoms with E-state index in [0.29, 0.717) is 54.6 Å². The average molecular weight is 442 g/mol. The third-order valence-corrected chi connectivity index (χ3v) is 5.06. The molecule has 1 aliphatic heterocycles. The molecule has 1 saturated heterocycles. The Bertz CT molecular complexity index is 945. The SMILES string of the molecule is CCOC(=O)Oc1ccc(C(=O)N2CCN(C(=O)c3c(OC)cccc3OC)CC2)cc1. The number of benzene rings is 2. The van der Waals surface area contributed by atoms with Crippen molar-refractivity contribution in [1.82, 2.24) is 9.80 Å². The maximum absolute atomic E-state index is 13.1. The van der Waals surface area contributed by atoms with Crippen LogP contribution in [-0.4, -0.2) is 74.8 Å². The molecule has 0 aliphatic carbocycles. The van der Waals surface area contributed by atoms with E-state index in [9.17, 15) is 14.4 Å². The number of carbonyl (C=O) groups excluding carboxylic acids is 3. The van der Waals surface area contributed by atoms with Crippen molar-refractivity contribution in [3.63, 3.8) is 0 Å². The number of methoxy groups -OCH3 is 2. The minimum atomic E-state index is -0.793. The van der Waals surface area contributed by atoms with E-state index in [1.165, 1.54) is 26.4 Å². The molecule has 3 rings (SSSR count). The molecule has 0 aromatic heterocycles. The summed E-state index contributed by atoms with van der Waals surface area (Å²) < 4.78 is 20.4. The molecule has 0 N–H and O–H groups in total. The van der Waals surface area contributed by atoms with Crippen LogP contribution in [0, 0.1) is 0 Å². The van der Waals surface area contributed by atoms with Gasteiger partial charge in [0.1, 0.15) is 22.8 Å². The smallest absolute Gasteiger partial charge is 0.496 e. The van der Waals surface area contributed by atoms with E-state index in [0.717, 1.165) is 0 Å². The van der Waals surface area contributed by atoms with Crippen molar-refractivity contribution in [1.29, 1.82) is 0 Å². The number of carbonyl (C=O) groups is 3. The van der Waals surface area contributed by atoms with Crippen LogP contribution in [0.25, 0.3) is 0 Å². The monoisotopic (exact) mass is 442 g/mol. The highest BCUT2D eigenvalue weighted by Gasteiger charge is 2.29. The Morgan fingerprint density at radius 1 is 0.812 bits per heavy atom. The molecule has 2 aromatic rings. The molecule has 9 nitrogen and oxygen atoms in total. The van der Waals surface area contributed by atoms with E-state index in [-0.39, 0.29) is 18.4 Å². The highest BCUT2D eigenvalue weighted by atomic mass is 16.7. The molecule has 2 amide bonds. The van der Waals surface area contributed by atoms with Gasteiger partial charge in [0, 0.05) is 31.7 Å². The number of rotatable bonds is 6. The summed E-state index contributed by atoms with van der Waals surface area (Å²) >= 11 is 0. The number of ether oxygens (including phenoxy) is 4. The largest absolute Gasteiger partial charge is 0.513 e. The number of hydrogen-bond acceptors (Lipinski definition) is 7. The van der Waals surface area contributed by atoms with Crippen LogP contribution in [0.15, 0.2) is 42.5 Å². The number of nitrogens with zero attached hydrogens (tertiary/aromatic N) is 2. The van der Waals surface area contributed by atoms with E-state index in [1.54, 1.807) is 47.1 Å². The Morgan fingerprint density at radius 3 is 1.84 bits per heavy atom. The van der Waals surface area contributed by atoms with E-state index in [2.05, 4.69) is 0 Å². The topological polar surface area (TPSA) is 94.6 Å². The molecule has 0 saturated carbocycles. The summed E-state index contributed by atoms with van der Waals surface area (Å²) in [6.45, 7) is 3.45. The molecule has 170 valence electrons. The van der Waals surface area contributed by atoms with Crippen LogP contribution >= 0.6 is 0 Å². The molecule has 9 heteroatoms. The highest BCUT2D eigenvalue weighted by Crippen LogP contribution is 2.30. The lowest BCUT2D eigenvalue weighted by Gasteiger charge is -2.35. The fourth-order valence-electron chi connectivity index (χ4n) is 3.42. The summed E-state index contributed by atoms with van der Waals surface area (Å²) in [5.74, 6) is 0.818. The van der Waals surface area contributed by atoms with Gasteiger partial charge in [-0.3, -0.25) is 9.59 Å². The van der Waals surface area contributed by atoms with Crippen LogP contribution in [0.5, 0.6) is 17.2 Å². The maximum Gasteiger partial charge on any atom is 0.513 e. The molecule has 2 aromatic carbocycles. The lowest BCUT2D eigenvalue weighted by Crippen LogP contribution is -2.50. The Morgan fingerprint density at radius 2 is 1.34 bits per heavy atom. The third kappa shape index (κ3) is 5.11. The van der Waals surface area contributed by atoms with E-state index < -0.39 is 6.16 Å². The van der Waals surface area contributed by atoms with Crippen LogP contribution in [-0.2, 0) is 4.74 Å². The molecule has 32 heavy (non-hydrogen) atoms. The normalized spacial score (nSPS) is 13.3. The van der Waals surface area contributed by atoms with Gasteiger partial charge in [-0.05, 0) is 43.3 Å². The summed E-state index contributed by atoms with van der Waals surface area (Å²) in [5.41, 5.74) is 0.835. The van der Waals surface area contributed by atoms with Crippen molar-refractivity contribution < 1.29 is 33.3 Å². The van der Waals surface area contributed by atoms with Crippen molar-refractivity contribution in [2.45, 2.75) is 6.92 Å². The standard InChI is InChI=1S/C23H26N2O7/c1-4-31-23(28)32-17-10-8-16(9-11-17)21(26)24-12-14-25(15-13-24)22(27)20-18(29-2)6-5-7-19(20)30-3/h5-11H,4,12-15H2,1-3H3. The Hall–Kier alpha value is -3.75. The quantitative estimate of drug-likeness (QED) is 0.502. The third-order valence-electron chi connectivity index (χ3n) is 5.06. The molecule has 1 fully saturated rings. The first-order valence-corrected chi connectivity index (χ1v) is 10.2. The van der Waals surface area contributed by atoms with Gasteiger partial charge in [0.2, 0.25) is 0 Å². The van der Waals surface area contributed by atoms with Gasteiger partial charge >= 0.3 is 6.16 Å². The number of amides is 2. The minimum Gasteiger partial charge on any atom is -0.496 e. The van der Waals surface area contributed by atoms with Crippen LogP contribution in [0.1, 0.15) is 27.6 Å². The predicted octanol–water partition coefficient (Wildman–Crippen LogP) is 2.84. The summed E-state index contributed by atoms with van der Waals surface area (Å²) in [4.78, 5) is 40.7. The zero-order chi connectivity index (χ0) is 23.1. The minimum absolute atomic E-state index is 0.158. The average Bonchev–Trinajstić information content (AvgIpc) is 2.83. The fraction of sp³-hybridized carbons (Fsp3) is 0.348. The van der Waals surface area contributed by atoms with Crippen LogP contribution in [0.3, 0.4) is 0 Å². The zero-order valence-corrected chi connectivity index (χ0v) is 18.3. The first kappa shape index (κ1) is 22.9. The lowest BCUT2D eigenvalue weighted by atomic mass is 10.1. The van der Waals surface area contributed by atoms with Crippen LogP contribution in [0.4, 0.5) is 4.79 Å². The van der Waals surface area contributed by atoms with Gasteiger partial charge in [-0.1, -0.05) is 6.07 Å². The maximum atomic E-state index is 13.1. The number of hydrogen-bond donors (Lipinski definition) is 0. The molecule has 0 unspecified atom stereocenters. The van der Waals surface area contributed by atoms with Crippen molar-refractivity contribution in [2.24, 2.45) is 0 Å². The van der Waals surface area contributed by atoms with Gasteiger partial charge in [-0.15, -0.1) is 0 Å². The summed E-state index contributed by atoms with van der Waals surface area (Å²) in [7, 11) is 3.01. The van der Waals surface area contributed by atoms with E-state index in [1.807, 2.05) is 0 Å². The molecule has 0 spiro atoms. The molecule has 0 bridgehead atoms. The van der Waals surface area contributed by atoms with E-state index >= 15 is 0 Å². The number of piperazine rings is 1. The second-order valence-electron chi connectivity index (χ2n) is 6.93. The highest BCUT2D eigenvalue weighted by molar-refractivity contribution is 6.00. The molecule has 0 radical (unpaired) electrons. The fourth-order valence-corrected chi connectivity index (χ4v) is 3.42. The van der Waals surface area contributed by atoms with Crippen molar-refractivity contribution in [3.05, 3.63) is 53.6 Å². The Labute approximate surface area is 186 Å². The van der Waals surface area contributed by atoms with Crippen LogP contribution < -0.4 is 14.2 Å². The second-order valence-corrected chi connectivity index (χ2v) is 6.93. The summed E-state index contributed by atoms with van der Waals surface area (Å²) in [5, 5.41) is 0. The van der Waals surface area contributed by atoms with Gasteiger partial charge in [-0.2, -0.15) is 0 Å². The van der Waals surface area contributed by atoms with Crippen molar-refractivity contribution >= 4 is 18.0 Å². The zero-order valence-electron chi connectivity index (χ0n) is 18.3. The Balaban J connectivity index is 1.62. The first-order valence-electron chi connectivity index (χ1n) is 10.2. The lowest BCUT2D eigenvalue weighted by molar-refractivity contribution is 0.0531. The molecule has 1 heterocycles.